The van der Waals surface area contributed by atoms with Crippen LogP contribution in [0.4, 0.5) is 5.13 Å². The predicted molar refractivity (Wildman–Crippen MR) is 158 cm³/mol. The summed E-state index contributed by atoms with van der Waals surface area (Å²) in [5, 5.41) is 23.7. The number of nitrogens with zero attached hydrogens (tertiary/aromatic N) is 4. The van der Waals surface area contributed by atoms with Crippen LogP contribution in [0.3, 0.4) is 0 Å². The second-order valence-corrected chi connectivity index (χ2v) is 12.1. The lowest BCUT2D eigenvalue weighted by Gasteiger charge is -2.50. The number of nitrogens with two attached hydrogens (primary N) is 2. The summed E-state index contributed by atoms with van der Waals surface area (Å²) < 4.78 is 40.9. The second kappa shape index (κ2) is 13.6. The number of guanidine groups is 1. The molecule has 2 aliphatic rings. The summed E-state index contributed by atoms with van der Waals surface area (Å²) in [6.07, 6.45) is -1.69. The Balaban J connectivity index is 1.40. The number of hydroxylamine groups is 2. The number of aromatic nitrogens is 1. The molecule has 2 amide bonds. The highest BCUT2D eigenvalue weighted by atomic mass is 32.3. The number of carbonyl (C=O) groups excluding carboxylic acids is 2. The van der Waals surface area contributed by atoms with E-state index in [0.29, 0.717) is 29.9 Å². The number of aliphatic imine (C=N–C) groups is 1. The molecule has 2 aliphatic heterocycles. The van der Waals surface area contributed by atoms with Gasteiger partial charge in [0, 0.05) is 24.5 Å². The van der Waals surface area contributed by atoms with Crippen LogP contribution in [0.15, 0.2) is 39.8 Å². The third-order valence-electron chi connectivity index (χ3n) is 6.52. The molecule has 0 radical (unpaired) electrons. The molecule has 9 N–H and O–H groups in total. The molecule has 2 aromatic rings. The zero-order chi connectivity index (χ0) is 32.9. The van der Waals surface area contributed by atoms with Crippen molar-refractivity contribution >= 4 is 56.3 Å². The Kier molecular flexibility index (Phi) is 10.1. The Bertz CT molecular complexity index is 1590. The van der Waals surface area contributed by atoms with Gasteiger partial charge in [0.25, 0.3) is 17.9 Å². The Morgan fingerprint density at radius 1 is 1.31 bits per heavy atom. The minimum Gasteiger partial charge on any atom is -0.489 e. The van der Waals surface area contributed by atoms with Gasteiger partial charge in [-0.15, -0.1) is 15.6 Å². The van der Waals surface area contributed by atoms with Crippen molar-refractivity contribution in [3.8, 4) is 5.75 Å². The van der Waals surface area contributed by atoms with E-state index < -0.39 is 58.2 Å². The molecule has 4 rings (SSSR count). The number of aliphatic carboxylic acids is 1. The molecular weight excluding hydrogens is 638 g/mol. The van der Waals surface area contributed by atoms with Gasteiger partial charge in [-0.25, -0.2) is 9.78 Å². The average Bonchev–Trinajstić information content (AvgIpc) is 3.66. The molecule has 1 aromatic heterocycles. The fourth-order valence-corrected chi connectivity index (χ4v) is 5.11. The Morgan fingerprint density at radius 2 is 2.02 bits per heavy atom. The number of oxime groups is 1. The molecule has 1 aromatic carbocycles. The third kappa shape index (κ3) is 8.33. The number of amides is 2. The van der Waals surface area contributed by atoms with Crippen LogP contribution in [-0.4, -0.2) is 102 Å². The number of nitrogens with one attached hydrogen (secondary N) is 3. The molecule has 45 heavy (non-hydrogen) atoms. The smallest absolute Gasteiger partial charge is 0.418 e. The normalized spacial score (nSPS) is 19.1. The molecule has 2 unspecified atom stereocenters. The molecule has 3 atom stereocenters. The number of carbonyl (C=O) groups is 3. The van der Waals surface area contributed by atoms with Gasteiger partial charge in [-0.3, -0.25) is 19.1 Å². The molecular formula is C24H31N9O10S2. The van der Waals surface area contributed by atoms with Crippen LogP contribution >= 0.6 is 11.3 Å². The summed E-state index contributed by atoms with van der Waals surface area (Å²) in [6, 6.07) is 4.98. The number of carboxylic acid groups (broad SMARTS) is 1. The Morgan fingerprint density at radius 3 is 2.58 bits per heavy atom. The first-order valence-electron chi connectivity index (χ1n) is 13.2. The lowest BCUT2D eigenvalue weighted by Crippen LogP contribution is -2.76. The van der Waals surface area contributed by atoms with E-state index in [-0.39, 0.29) is 16.9 Å². The minimum absolute atomic E-state index is 0.0549. The number of ether oxygens (including phenoxy) is 1. The minimum atomic E-state index is -5.02. The van der Waals surface area contributed by atoms with Crippen LogP contribution in [0.5, 0.6) is 5.75 Å². The number of benzene rings is 1. The molecule has 244 valence electrons. The van der Waals surface area contributed by atoms with Crippen molar-refractivity contribution in [3.05, 3.63) is 40.9 Å². The number of carboxylic acids is 1. The number of β-lactam (4-membered cyclic amide) rings is 1. The average molecular weight is 670 g/mol. The summed E-state index contributed by atoms with van der Waals surface area (Å²) in [4.78, 5) is 50.9. The quantitative estimate of drug-likeness (QED) is 0.0514. The first kappa shape index (κ1) is 33.3. The van der Waals surface area contributed by atoms with Crippen LogP contribution in [0.25, 0.3) is 0 Å². The Labute approximate surface area is 260 Å². The van der Waals surface area contributed by atoms with Crippen molar-refractivity contribution in [2.24, 2.45) is 15.9 Å². The van der Waals surface area contributed by atoms with Crippen molar-refractivity contribution < 1.29 is 46.3 Å². The van der Waals surface area contributed by atoms with E-state index >= 15 is 0 Å². The number of rotatable bonds is 14. The number of hydrogen-bond acceptors (Lipinski definition) is 16. The first-order chi connectivity index (χ1) is 21.2. The van der Waals surface area contributed by atoms with Gasteiger partial charge in [-0.2, -0.15) is 13.5 Å². The van der Waals surface area contributed by atoms with Gasteiger partial charge in [-0.05, 0) is 31.5 Å². The third-order valence-corrected chi connectivity index (χ3v) is 7.53. The molecule has 21 heteroatoms. The molecule has 0 aliphatic carbocycles. The van der Waals surface area contributed by atoms with Crippen molar-refractivity contribution in [2.75, 3.05) is 32.0 Å². The second-order valence-electron chi connectivity index (χ2n) is 10.2. The van der Waals surface area contributed by atoms with Crippen molar-refractivity contribution in [3.63, 3.8) is 0 Å². The maximum Gasteiger partial charge on any atom is 0.418 e. The zero-order valence-electron chi connectivity index (χ0n) is 23.9. The first-order valence-corrected chi connectivity index (χ1v) is 15.4. The number of hydrogen-bond donors (Lipinski definition) is 7. The van der Waals surface area contributed by atoms with Crippen LogP contribution in [0, 0.1) is 0 Å². The van der Waals surface area contributed by atoms with E-state index in [1.54, 1.807) is 24.3 Å². The Hall–Kier alpha value is -4.57. The molecule has 0 saturated carbocycles. The van der Waals surface area contributed by atoms with E-state index in [0.717, 1.165) is 23.4 Å². The summed E-state index contributed by atoms with van der Waals surface area (Å²) in [7, 11) is -5.02. The highest BCUT2D eigenvalue weighted by Crippen LogP contribution is 2.33. The largest absolute Gasteiger partial charge is 0.489 e. The number of thiazole rings is 1. The fraction of sp³-hybridized carbons (Fsp3) is 0.417. The number of anilines is 1. The lowest BCUT2D eigenvalue weighted by molar-refractivity contribution is -0.218. The summed E-state index contributed by atoms with van der Waals surface area (Å²) in [5.41, 5.74) is 10.6. The van der Waals surface area contributed by atoms with Crippen molar-refractivity contribution in [2.45, 2.75) is 37.6 Å². The molecule has 1 fully saturated rings. The summed E-state index contributed by atoms with van der Waals surface area (Å²) in [5.74, 6) is -2.49. The van der Waals surface area contributed by atoms with Gasteiger partial charge < -0.3 is 42.1 Å². The van der Waals surface area contributed by atoms with Gasteiger partial charge in [0.15, 0.2) is 16.8 Å². The fourth-order valence-electron chi connectivity index (χ4n) is 4.11. The van der Waals surface area contributed by atoms with E-state index in [1.165, 1.54) is 19.2 Å². The van der Waals surface area contributed by atoms with Gasteiger partial charge in [0.05, 0.1) is 12.1 Å². The van der Waals surface area contributed by atoms with Crippen LogP contribution in [0.2, 0.25) is 0 Å². The molecule has 1 saturated heterocycles. The van der Waals surface area contributed by atoms with E-state index in [2.05, 4.69) is 35.4 Å². The van der Waals surface area contributed by atoms with Crippen LogP contribution < -0.4 is 32.2 Å². The molecule has 19 nitrogen and oxygen atoms in total. The van der Waals surface area contributed by atoms with Crippen LogP contribution in [0.1, 0.15) is 31.1 Å². The van der Waals surface area contributed by atoms with E-state index in [4.69, 9.17) is 25.6 Å². The van der Waals surface area contributed by atoms with Crippen molar-refractivity contribution in [1.82, 2.24) is 26.0 Å². The molecule has 3 heterocycles. The monoisotopic (exact) mass is 669 g/mol. The van der Waals surface area contributed by atoms with Crippen LogP contribution in [-0.2, 0) is 33.9 Å². The summed E-state index contributed by atoms with van der Waals surface area (Å²) in [6.45, 7) is 4.10. The van der Waals surface area contributed by atoms with E-state index in [1.807, 2.05) is 0 Å². The van der Waals surface area contributed by atoms with Gasteiger partial charge in [-0.1, -0.05) is 17.3 Å². The molecule has 0 spiro atoms. The SMILES string of the molecule is CC1(C)C(NC(=O)/C(=N\O[C@@H](COc2ccc(C(N)CNC3=NCCN3)cc2)C(=O)O)c2csc(N)n2)C(=O)N1OS(=O)(=O)O. The standard InChI is InChI=1S/C24H31N9O10S2/c1-24(2)18(20(35)33(24)43-45(38,39)40)31-19(34)17(15-11-44-22(26)30-15)32-42-16(21(36)37)10-41-13-5-3-12(4-6-13)14(25)9-29-23-27-7-8-28-23/h3-6,11,14,16,18H,7-10,25H2,1-2H3,(H2,26,30)(H,31,34)(H,36,37)(H2,27,28,29)(H,38,39,40)/b32-17-/t14?,16-,18?/m0/s1. The summed E-state index contributed by atoms with van der Waals surface area (Å²) >= 11 is 0.954. The topological polar surface area (TPSA) is 282 Å². The van der Waals surface area contributed by atoms with Gasteiger partial charge in [0.1, 0.15) is 24.1 Å². The maximum atomic E-state index is 13.2. The zero-order valence-corrected chi connectivity index (χ0v) is 25.5. The maximum absolute atomic E-state index is 13.2. The highest BCUT2D eigenvalue weighted by molar-refractivity contribution is 7.80. The predicted octanol–water partition coefficient (Wildman–Crippen LogP) is -1.63. The lowest BCUT2D eigenvalue weighted by atomic mass is 9.84. The van der Waals surface area contributed by atoms with Gasteiger partial charge in [0.2, 0.25) is 0 Å². The molecule has 0 bridgehead atoms. The van der Waals surface area contributed by atoms with E-state index in [9.17, 15) is 27.9 Å². The van der Waals surface area contributed by atoms with Crippen molar-refractivity contribution in [1.29, 1.82) is 0 Å². The number of nitrogen functional groups attached to an aromatic ring is 1. The van der Waals surface area contributed by atoms with Gasteiger partial charge >= 0.3 is 16.4 Å². The highest BCUT2D eigenvalue weighted by Gasteiger charge is 2.58.